The number of hydrogen-bond donors (Lipinski definition) is 1. The molecule has 3 heteroatoms. The number of nitrogens with zero attached hydrogens (tertiary/aromatic N) is 1. The van der Waals surface area contributed by atoms with E-state index in [4.69, 9.17) is 10.5 Å². The van der Waals surface area contributed by atoms with E-state index in [-0.39, 0.29) is 6.04 Å². The fourth-order valence-corrected chi connectivity index (χ4v) is 2.61. The summed E-state index contributed by atoms with van der Waals surface area (Å²) in [5.41, 5.74) is 6.95. The van der Waals surface area contributed by atoms with Crippen LogP contribution in [0.5, 0.6) is 5.88 Å². The van der Waals surface area contributed by atoms with Crippen molar-refractivity contribution in [3.8, 4) is 5.88 Å². The molecule has 18 heavy (non-hydrogen) atoms. The van der Waals surface area contributed by atoms with Crippen LogP contribution in [0, 0.1) is 11.8 Å². The number of hydrogen-bond acceptors (Lipinski definition) is 3. The summed E-state index contributed by atoms with van der Waals surface area (Å²) in [7, 11) is 0. The van der Waals surface area contributed by atoms with Crippen molar-refractivity contribution < 1.29 is 4.74 Å². The number of ether oxygens (including phenoxy) is 1. The SMILES string of the molecule is CC(N)c1cccnc1OC1CCC(C)C(C)C1. The minimum atomic E-state index is -0.0337. The zero-order valence-corrected chi connectivity index (χ0v) is 11.6. The summed E-state index contributed by atoms with van der Waals surface area (Å²) >= 11 is 0. The Morgan fingerprint density at radius 2 is 2.11 bits per heavy atom. The van der Waals surface area contributed by atoms with E-state index in [9.17, 15) is 0 Å². The van der Waals surface area contributed by atoms with Crippen LogP contribution in [0.4, 0.5) is 0 Å². The van der Waals surface area contributed by atoms with Gasteiger partial charge in [-0.15, -0.1) is 0 Å². The van der Waals surface area contributed by atoms with Gasteiger partial charge in [0.2, 0.25) is 5.88 Å². The Labute approximate surface area is 110 Å². The molecule has 1 aliphatic carbocycles. The van der Waals surface area contributed by atoms with Crippen LogP contribution >= 0.6 is 0 Å². The molecule has 1 heterocycles. The highest BCUT2D eigenvalue weighted by atomic mass is 16.5. The van der Waals surface area contributed by atoms with Crippen molar-refractivity contribution in [1.29, 1.82) is 0 Å². The van der Waals surface area contributed by atoms with Crippen LogP contribution in [0.3, 0.4) is 0 Å². The summed E-state index contributed by atoms with van der Waals surface area (Å²) in [4.78, 5) is 4.34. The molecule has 1 aromatic rings. The first-order chi connectivity index (χ1) is 8.58. The maximum absolute atomic E-state index is 6.08. The summed E-state index contributed by atoms with van der Waals surface area (Å²) in [6.07, 6.45) is 5.56. The van der Waals surface area contributed by atoms with Gasteiger partial charge in [0.1, 0.15) is 6.10 Å². The molecule has 0 aliphatic heterocycles. The standard InChI is InChI=1S/C15H24N2O/c1-10-6-7-13(9-11(10)2)18-15-14(12(3)16)5-4-8-17-15/h4-5,8,10-13H,6-7,9,16H2,1-3H3. The molecule has 0 aromatic carbocycles. The highest BCUT2D eigenvalue weighted by molar-refractivity contribution is 5.28. The van der Waals surface area contributed by atoms with Crippen molar-refractivity contribution in [3.63, 3.8) is 0 Å². The summed E-state index contributed by atoms with van der Waals surface area (Å²) in [5, 5.41) is 0. The van der Waals surface area contributed by atoms with Gasteiger partial charge in [-0.2, -0.15) is 0 Å². The normalized spacial score (nSPS) is 29.9. The monoisotopic (exact) mass is 248 g/mol. The molecule has 2 N–H and O–H groups in total. The van der Waals surface area contributed by atoms with Gasteiger partial charge in [-0.1, -0.05) is 19.9 Å². The Morgan fingerprint density at radius 3 is 2.78 bits per heavy atom. The van der Waals surface area contributed by atoms with Gasteiger partial charge < -0.3 is 10.5 Å². The summed E-state index contributed by atoms with van der Waals surface area (Å²) in [6, 6.07) is 3.88. The minimum absolute atomic E-state index is 0.0337. The summed E-state index contributed by atoms with van der Waals surface area (Å²) in [6.45, 7) is 6.61. The van der Waals surface area contributed by atoms with Gasteiger partial charge >= 0.3 is 0 Å². The molecule has 1 saturated carbocycles. The molecular weight excluding hydrogens is 224 g/mol. The average Bonchev–Trinajstić information content (AvgIpc) is 2.34. The molecule has 1 aromatic heterocycles. The lowest BCUT2D eigenvalue weighted by atomic mass is 9.80. The minimum Gasteiger partial charge on any atom is -0.474 e. The van der Waals surface area contributed by atoms with E-state index in [0.717, 1.165) is 36.1 Å². The number of pyridine rings is 1. The van der Waals surface area contributed by atoms with Gasteiger partial charge in [0.15, 0.2) is 0 Å². The van der Waals surface area contributed by atoms with Crippen molar-refractivity contribution in [2.45, 2.75) is 52.2 Å². The second kappa shape index (κ2) is 5.70. The second-order valence-electron chi connectivity index (χ2n) is 5.69. The zero-order chi connectivity index (χ0) is 13.1. The van der Waals surface area contributed by atoms with E-state index in [1.807, 2.05) is 19.1 Å². The van der Waals surface area contributed by atoms with Crippen LogP contribution in [0.2, 0.25) is 0 Å². The van der Waals surface area contributed by atoms with Crippen molar-refractivity contribution in [2.24, 2.45) is 17.6 Å². The van der Waals surface area contributed by atoms with Crippen molar-refractivity contribution >= 4 is 0 Å². The van der Waals surface area contributed by atoms with Gasteiger partial charge in [-0.25, -0.2) is 4.98 Å². The van der Waals surface area contributed by atoms with E-state index in [1.165, 1.54) is 6.42 Å². The molecule has 4 atom stereocenters. The molecule has 0 radical (unpaired) electrons. The van der Waals surface area contributed by atoms with Crippen LogP contribution < -0.4 is 10.5 Å². The van der Waals surface area contributed by atoms with Crippen LogP contribution in [-0.4, -0.2) is 11.1 Å². The van der Waals surface area contributed by atoms with Crippen LogP contribution in [0.1, 0.15) is 51.6 Å². The summed E-state index contributed by atoms with van der Waals surface area (Å²) in [5.74, 6) is 2.26. The molecule has 2 rings (SSSR count). The Kier molecular flexibility index (Phi) is 4.23. The molecule has 0 saturated heterocycles. The topological polar surface area (TPSA) is 48.1 Å². The van der Waals surface area contributed by atoms with Gasteiger partial charge in [0, 0.05) is 17.8 Å². The van der Waals surface area contributed by atoms with Crippen molar-refractivity contribution in [2.75, 3.05) is 0 Å². The number of nitrogens with two attached hydrogens (primary N) is 1. The van der Waals surface area contributed by atoms with Crippen LogP contribution in [-0.2, 0) is 0 Å². The molecule has 3 nitrogen and oxygen atoms in total. The highest BCUT2D eigenvalue weighted by Gasteiger charge is 2.26. The Balaban J connectivity index is 2.06. The predicted molar refractivity (Wildman–Crippen MR) is 73.4 cm³/mol. The Morgan fingerprint density at radius 1 is 1.33 bits per heavy atom. The van der Waals surface area contributed by atoms with Crippen LogP contribution in [0.15, 0.2) is 18.3 Å². The molecular formula is C15H24N2O. The number of rotatable bonds is 3. The quantitative estimate of drug-likeness (QED) is 0.892. The predicted octanol–water partition coefficient (Wildman–Crippen LogP) is 3.30. The lowest BCUT2D eigenvalue weighted by Gasteiger charge is -2.32. The Bertz CT molecular complexity index is 392. The molecule has 1 fully saturated rings. The lowest BCUT2D eigenvalue weighted by molar-refractivity contribution is 0.0951. The third-order valence-corrected chi connectivity index (χ3v) is 4.12. The second-order valence-corrected chi connectivity index (χ2v) is 5.69. The maximum atomic E-state index is 6.08. The van der Waals surface area contributed by atoms with E-state index < -0.39 is 0 Å². The number of aromatic nitrogens is 1. The van der Waals surface area contributed by atoms with Gasteiger partial charge in [-0.3, -0.25) is 0 Å². The largest absolute Gasteiger partial charge is 0.474 e. The molecule has 100 valence electrons. The first kappa shape index (κ1) is 13.3. The highest BCUT2D eigenvalue weighted by Crippen LogP contribution is 2.32. The van der Waals surface area contributed by atoms with Crippen LogP contribution in [0.25, 0.3) is 0 Å². The lowest BCUT2D eigenvalue weighted by Crippen LogP contribution is -2.29. The smallest absolute Gasteiger partial charge is 0.218 e. The first-order valence-corrected chi connectivity index (χ1v) is 6.95. The van der Waals surface area contributed by atoms with E-state index in [0.29, 0.717) is 6.10 Å². The zero-order valence-electron chi connectivity index (χ0n) is 11.6. The first-order valence-electron chi connectivity index (χ1n) is 6.95. The maximum Gasteiger partial charge on any atom is 0.218 e. The van der Waals surface area contributed by atoms with Crippen molar-refractivity contribution in [1.82, 2.24) is 4.98 Å². The third-order valence-electron chi connectivity index (χ3n) is 4.12. The van der Waals surface area contributed by atoms with E-state index in [1.54, 1.807) is 6.20 Å². The molecule has 0 bridgehead atoms. The van der Waals surface area contributed by atoms with Gasteiger partial charge in [-0.05, 0) is 44.1 Å². The fraction of sp³-hybridized carbons (Fsp3) is 0.667. The molecule has 1 aliphatic rings. The van der Waals surface area contributed by atoms with Gasteiger partial charge in [0.25, 0.3) is 0 Å². The van der Waals surface area contributed by atoms with E-state index in [2.05, 4.69) is 18.8 Å². The Hall–Kier alpha value is -1.09. The fourth-order valence-electron chi connectivity index (χ4n) is 2.61. The molecule has 4 unspecified atom stereocenters. The molecule has 0 amide bonds. The van der Waals surface area contributed by atoms with Crippen molar-refractivity contribution in [3.05, 3.63) is 23.9 Å². The van der Waals surface area contributed by atoms with Gasteiger partial charge in [0.05, 0.1) is 0 Å². The molecule has 0 spiro atoms. The summed E-state index contributed by atoms with van der Waals surface area (Å²) < 4.78 is 6.08. The third kappa shape index (κ3) is 3.02. The van der Waals surface area contributed by atoms with E-state index >= 15 is 0 Å². The average molecular weight is 248 g/mol.